The molecule has 0 saturated carbocycles. The Labute approximate surface area is 186 Å². The van der Waals surface area contributed by atoms with Gasteiger partial charge in [-0.05, 0) is 43.2 Å². The molecule has 1 saturated heterocycles. The number of carbonyl (C=O) groups excluding carboxylic acids is 2. The van der Waals surface area contributed by atoms with Crippen LogP contribution in [-0.2, 0) is 4.79 Å². The predicted octanol–water partition coefficient (Wildman–Crippen LogP) is 4.14. The third-order valence-electron chi connectivity index (χ3n) is 5.37. The van der Waals surface area contributed by atoms with E-state index in [9.17, 15) is 9.59 Å². The highest BCUT2D eigenvalue weighted by Gasteiger charge is 2.28. The van der Waals surface area contributed by atoms with Crippen LogP contribution in [0.25, 0.3) is 11.5 Å². The van der Waals surface area contributed by atoms with Crippen LogP contribution in [0, 0.1) is 5.92 Å². The minimum absolute atomic E-state index is 0.0669. The Bertz CT molecular complexity index is 1070. The summed E-state index contributed by atoms with van der Waals surface area (Å²) in [7, 11) is 0. The quantitative estimate of drug-likeness (QED) is 0.624. The van der Waals surface area contributed by atoms with Crippen molar-refractivity contribution in [3.8, 4) is 11.5 Å². The molecule has 1 aromatic carbocycles. The number of rotatable bonds is 5. The molecule has 0 aliphatic carbocycles. The highest BCUT2D eigenvalue weighted by molar-refractivity contribution is 5.94. The summed E-state index contributed by atoms with van der Waals surface area (Å²) in [5, 5.41) is 9.79. The molecular formula is C23H26N6O3. The molecule has 1 fully saturated rings. The van der Waals surface area contributed by atoms with E-state index >= 15 is 0 Å². The molecule has 1 aliphatic heterocycles. The fourth-order valence-corrected chi connectivity index (χ4v) is 3.49. The molecule has 0 bridgehead atoms. The smallest absolute Gasteiger partial charge is 0.321 e. The maximum Gasteiger partial charge on any atom is 0.321 e. The standard InChI is InChI=1S/C23H26N6O3/c1-15(2)21(30)25-17-6-5-7-18(14-17)26-23(31)29-12-9-16(10-13-29)22-27-20(28-32-22)19-8-3-4-11-24-19/h3-8,11,14-16H,9-10,12-13H2,1-2H3,(H,25,30)(H,26,31). The molecule has 9 nitrogen and oxygen atoms in total. The van der Waals surface area contributed by atoms with Gasteiger partial charge in [0.2, 0.25) is 17.6 Å². The van der Waals surface area contributed by atoms with Gasteiger partial charge in [-0.2, -0.15) is 4.98 Å². The Kier molecular flexibility index (Phi) is 6.44. The van der Waals surface area contributed by atoms with Gasteiger partial charge in [0.05, 0.1) is 0 Å². The van der Waals surface area contributed by atoms with Crippen molar-refractivity contribution >= 4 is 23.3 Å². The van der Waals surface area contributed by atoms with Crippen molar-refractivity contribution < 1.29 is 14.1 Å². The van der Waals surface area contributed by atoms with Crippen molar-refractivity contribution in [2.24, 2.45) is 5.92 Å². The summed E-state index contributed by atoms with van der Waals surface area (Å²) in [5.74, 6) is 0.985. The highest BCUT2D eigenvalue weighted by Crippen LogP contribution is 2.28. The van der Waals surface area contributed by atoms with Crippen molar-refractivity contribution in [2.45, 2.75) is 32.6 Å². The number of aromatic nitrogens is 3. The third-order valence-corrected chi connectivity index (χ3v) is 5.37. The Balaban J connectivity index is 1.31. The average molecular weight is 435 g/mol. The van der Waals surface area contributed by atoms with Crippen LogP contribution in [0.2, 0.25) is 0 Å². The van der Waals surface area contributed by atoms with Gasteiger partial charge in [-0.15, -0.1) is 0 Å². The van der Waals surface area contributed by atoms with E-state index in [1.54, 1.807) is 35.4 Å². The summed E-state index contributed by atoms with van der Waals surface area (Å²) in [6, 6.07) is 12.5. The van der Waals surface area contributed by atoms with E-state index in [0.29, 0.717) is 41.9 Å². The van der Waals surface area contributed by atoms with Crippen LogP contribution < -0.4 is 10.6 Å². The van der Waals surface area contributed by atoms with Gasteiger partial charge in [0.25, 0.3) is 0 Å². The maximum absolute atomic E-state index is 12.7. The van der Waals surface area contributed by atoms with Crippen LogP contribution in [0.4, 0.5) is 16.2 Å². The molecular weight excluding hydrogens is 408 g/mol. The number of urea groups is 1. The van der Waals surface area contributed by atoms with Gasteiger partial charge in [-0.3, -0.25) is 9.78 Å². The minimum Gasteiger partial charge on any atom is -0.339 e. The number of hydrogen-bond donors (Lipinski definition) is 2. The number of likely N-dealkylation sites (tertiary alicyclic amines) is 1. The van der Waals surface area contributed by atoms with Gasteiger partial charge >= 0.3 is 6.03 Å². The number of pyridine rings is 1. The van der Waals surface area contributed by atoms with Crippen LogP contribution in [0.5, 0.6) is 0 Å². The Morgan fingerprint density at radius 3 is 2.50 bits per heavy atom. The third kappa shape index (κ3) is 5.11. The van der Waals surface area contributed by atoms with E-state index in [4.69, 9.17) is 4.52 Å². The van der Waals surface area contributed by atoms with Crippen molar-refractivity contribution in [1.29, 1.82) is 0 Å². The van der Waals surface area contributed by atoms with Crippen LogP contribution in [0.15, 0.2) is 53.2 Å². The van der Waals surface area contributed by atoms with E-state index in [1.807, 2.05) is 32.0 Å². The molecule has 3 heterocycles. The van der Waals surface area contributed by atoms with E-state index in [2.05, 4.69) is 25.8 Å². The lowest BCUT2D eigenvalue weighted by Gasteiger charge is -2.30. The van der Waals surface area contributed by atoms with Gasteiger partial charge in [0, 0.05) is 42.5 Å². The predicted molar refractivity (Wildman–Crippen MR) is 120 cm³/mol. The molecule has 1 aliphatic rings. The summed E-state index contributed by atoms with van der Waals surface area (Å²) in [4.78, 5) is 35.1. The lowest BCUT2D eigenvalue weighted by molar-refractivity contribution is -0.118. The van der Waals surface area contributed by atoms with Crippen molar-refractivity contribution in [2.75, 3.05) is 23.7 Å². The summed E-state index contributed by atoms with van der Waals surface area (Å²) in [6.45, 7) is 4.83. The Hall–Kier alpha value is -3.75. The fraction of sp³-hybridized carbons (Fsp3) is 0.348. The lowest BCUT2D eigenvalue weighted by Crippen LogP contribution is -2.40. The largest absolute Gasteiger partial charge is 0.339 e. The van der Waals surface area contributed by atoms with Gasteiger partial charge in [-0.25, -0.2) is 4.79 Å². The van der Waals surface area contributed by atoms with Crippen molar-refractivity contribution in [3.05, 3.63) is 54.6 Å². The first-order chi connectivity index (χ1) is 15.5. The molecule has 0 unspecified atom stereocenters. The Morgan fingerprint density at radius 1 is 1.06 bits per heavy atom. The molecule has 0 radical (unpaired) electrons. The van der Waals surface area contributed by atoms with Crippen LogP contribution in [0.1, 0.15) is 38.5 Å². The maximum atomic E-state index is 12.7. The molecule has 0 atom stereocenters. The van der Waals surface area contributed by atoms with Crippen LogP contribution in [-0.4, -0.2) is 45.1 Å². The molecule has 3 aromatic rings. The van der Waals surface area contributed by atoms with E-state index in [0.717, 1.165) is 12.8 Å². The minimum atomic E-state index is -0.171. The number of nitrogens with zero attached hydrogens (tertiary/aromatic N) is 4. The molecule has 4 rings (SSSR count). The first kappa shape index (κ1) is 21.5. The second-order valence-corrected chi connectivity index (χ2v) is 8.09. The van der Waals surface area contributed by atoms with Crippen molar-refractivity contribution in [3.63, 3.8) is 0 Å². The zero-order valence-corrected chi connectivity index (χ0v) is 18.1. The number of nitrogens with one attached hydrogen (secondary N) is 2. The van der Waals surface area contributed by atoms with Gasteiger partial charge < -0.3 is 20.1 Å². The molecule has 9 heteroatoms. The zero-order valence-electron chi connectivity index (χ0n) is 18.1. The van der Waals surface area contributed by atoms with Crippen molar-refractivity contribution in [1.82, 2.24) is 20.0 Å². The van der Waals surface area contributed by atoms with Gasteiger partial charge in [-0.1, -0.05) is 31.1 Å². The Morgan fingerprint density at radius 2 is 1.81 bits per heavy atom. The molecule has 3 amide bonds. The second-order valence-electron chi connectivity index (χ2n) is 8.09. The highest BCUT2D eigenvalue weighted by atomic mass is 16.5. The monoisotopic (exact) mass is 434 g/mol. The summed E-state index contributed by atoms with van der Waals surface area (Å²) >= 11 is 0. The molecule has 2 aromatic heterocycles. The SMILES string of the molecule is CC(C)C(=O)Nc1cccc(NC(=O)N2CCC(c3nc(-c4ccccn4)no3)CC2)c1. The second kappa shape index (κ2) is 9.59. The normalized spacial score (nSPS) is 14.4. The van der Waals surface area contributed by atoms with Crippen LogP contribution >= 0.6 is 0 Å². The molecule has 32 heavy (non-hydrogen) atoms. The first-order valence-corrected chi connectivity index (χ1v) is 10.7. The first-order valence-electron chi connectivity index (χ1n) is 10.7. The summed E-state index contributed by atoms with van der Waals surface area (Å²) in [5.41, 5.74) is 1.96. The number of piperidine rings is 1. The topological polar surface area (TPSA) is 113 Å². The molecule has 166 valence electrons. The molecule has 0 spiro atoms. The lowest BCUT2D eigenvalue weighted by atomic mass is 9.97. The van der Waals surface area contributed by atoms with E-state index in [1.165, 1.54) is 0 Å². The number of hydrogen-bond acceptors (Lipinski definition) is 6. The number of carbonyl (C=O) groups is 2. The summed E-state index contributed by atoms with van der Waals surface area (Å²) in [6.07, 6.45) is 3.17. The number of anilines is 2. The number of benzene rings is 1. The van der Waals surface area contributed by atoms with Gasteiger partial charge in [0.1, 0.15) is 5.69 Å². The average Bonchev–Trinajstić information content (AvgIpc) is 3.30. The number of amides is 3. The summed E-state index contributed by atoms with van der Waals surface area (Å²) < 4.78 is 5.46. The van der Waals surface area contributed by atoms with Crippen LogP contribution in [0.3, 0.4) is 0 Å². The van der Waals surface area contributed by atoms with Gasteiger partial charge in [0.15, 0.2) is 0 Å². The van der Waals surface area contributed by atoms with E-state index in [-0.39, 0.29) is 23.8 Å². The zero-order chi connectivity index (χ0) is 22.5. The van der Waals surface area contributed by atoms with E-state index < -0.39 is 0 Å². The fourth-order valence-electron chi connectivity index (χ4n) is 3.49. The molecule has 2 N–H and O–H groups in total.